The second kappa shape index (κ2) is 4.10. The maximum Gasteiger partial charge on any atom is 0.0915 e. The summed E-state index contributed by atoms with van der Waals surface area (Å²) in [6.07, 6.45) is 4.48. The van der Waals surface area contributed by atoms with E-state index in [4.69, 9.17) is 0 Å². The van der Waals surface area contributed by atoms with E-state index in [2.05, 4.69) is 27.9 Å². The Morgan fingerprint density at radius 2 is 2.20 bits per heavy atom. The maximum atomic E-state index is 4.37. The molecule has 2 aromatic heterocycles. The van der Waals surface area contributed by atoms with Crippen LogP contribution >= 0.6 is 0 Å². The third-order valence-corrected chi connectivity index (χ3v) is 2.19. The second-order valence-electron chi connectivity index (χ2n) is 3.35. The van der Waals surface area contributed by atoms with Crippen molar-refractivity contribution in [1.82, 2.24) is 9.97 Å². The van der Waals surface area contributed by atoms with E-state index in [1.54, 1.807) is 12.4 Å². The van der Waals surface area contributed by atoms with E-state index in [1.807, 2.05) is 19.9 Å². The predicted octanol–water partition coefficient (Wildman–Crippen LogP) is 2.70. The minimum absolute atomic E-state index is 0.868. The van der Waals surface area contributed by atoms with E-state index < -0.39 is 0 Å². The van der Waals surface area contributed by atoms with Crippen molar-refractivity contribution < 1.29 is 0 Å². The summed E-state index contributed by atoms with van der Waals surface area (Å²) in [5, 5.41) is 1.10. The lowest BCUT2D eigenvalue weighted by atomic mass is 10.1. The number of pyridine rings is 2. The first-order valence-corrected chi connectivity index (χ1v) is 5.01. The zero-order valence-electron chi connectivity index (χ0n) is 8.91. The summed E-state index contributed by atoms with van der Waals surface area (Å²) in [6, 6.07) is 4.02. The van der Waals surface area contributed by atoms with Gasteiger partial charge in [-0.3, -0.25) is 9.97 Å². The van der Waals surface area contributed by atoms with E-state index in [0.717, 1.165) is 28.6 Å². The number of rotatable bonds is 0. The van der Waals surface area contributed by atoms with E-state index >= 15 is 0 Å². The molecule has 0 radical (unpaired) electrons. The van der Waals surface area contributed by atoms with Gasteiger partial charge in [0, 0.05) is 29.8 Å². The molecule has 0 spiro atoms. The van der Waals surface area contributed by atoms with Crippen LogP contribution in [0.25, 0.3) is 10.9 Å². The van der Waals surface area contributed by atoms with Gasteiger partial charge in [-0.25, -0.2) is 0 Å². The van der Waals surface area contributed by atoms with Crippen LogP contribution in [0.5, 0.6) is 0 Å². The Kier molecular flexibility index (Phi) is 2.64. The number of aryl methyl sites for hydroxylation is 1. The van der Waals surface area contributed by atoms with Gasteiger partial charge in [0.15, 0.2) is 0 Å². The average Bonchev–Trinajstić information content (AvgIpc) is 2.26. The first-order valence-electron chi connectivity index (χ1n) is 5.01. The average molecular weight is 196 g/mol. The van der Waals surface area contributed by atoms with Crippen LogP contribution in [0, 0.1) is 18.8 Å². The van der Waals surface area contributed by atoms with Crippen molar-refractivity contribution in [2.75, 3.05) is 0 Å². The molecule has 2 rings (SSSR count). The second-order valence-corrected chi connectivity index (χ2v) is 3.35. The van der Waals surface area contributed by atoms with Gasteiger partial charge in [-0.15, -0.1) is 0 Å². The minimum Gasteiger partial charge on any atom is -0.259 e. The highest BCUT2D eigenvalue weighted by atomic mass is 14.7. The van der Waals surface area contributed by atoms with Gasteiger partial charge in [-0.1, -0.05) is 18.8 Å². The first-order chi connectivity index (χ1) is 7.31. The summed E-state index contributed by atoms with van der Waals surface area (Å²) < 4.78 is 0. The van der Waals surface area contributed by atoms with Crippen molar-refractivity contribution >= 4 is 10.9 Å². The molecule has 74 valence electrons. The summed E-state index contributed by atoms with van der Waals surface area (Å²) in [7, 11) is 0. The third kappa shape index (κ3) is 1.97. The molecule has 0 amide bonds. The molecule has 2 heterocycles. The Hall–Kier alpha value is -1.88. The molecule has 2 nitrogen and oxygen atoms in total. The summed E-state index contributed by atoms with van der Waals surface area (Å²) in [5.41, 5.74) is 2.89. The minimum atomic E-state index is 0.868. The van der Waals surface area contributed by atoms with Crippen LogP contribution in [0.1, 0.15) is 24.6 Å². The van der Waals surface area contributed by atoms with Crippen LogP contribution in [0.3, 0.4) is 0 Å². The molecule has 0 aliphatic rings. The standard InChI is InChI=1S/C13H12N2/c1-3-4-5-11-8-12-6-7-14-10(2)13(12)15-9-11/h6-9H,3H2,1-2H3. The summed E-state index contributed by atoms with van der Waals surface area (Å²) in [5.74, 6) is 6.11. The number of hydrogen-bond acceptors (Lipinski definition) is 2. The molecule has 0 saturated heterocycles. The molecule has 0 aliphatic carbocycles. The number of fused-ring (bicyclic) bond motifs is 1. The topological polar surface area (TPSA) is 25.8 Å². The molecule has 2 heteroatoms. The number of nitrogens with zero attached hydrogens (tertiary/aromatic N) is 2. The normalized spacial score (nSPS) is 9.73. The van der Waals surface area contributed by atoms with Crippen molar-refractivity contribution in [2.24, 2.45) is 0 Å². The smallest absolute Gasteiger partial charge is 0.0915 e. The Morgan fingerprint density at radius 1 is 1.33 bits per heavy atom. The predicted molar refractivity (Wildman–Crippen MR) is 61.4 cm³/mol. The SMILES string of the molecule is CCC#Cc1cnc2c(C)nccc2c1. The summed E-state index contributed by atoms with van der Waals surface area (Å²) in [4.78, 5) is 8.57. The highest BCUT2D eigenvalue weighted by Gasteiger charge is 1.99. The molecule has 0 bridgehead atoms. The molecule has 0 aliphatic heterocycles. The Balaban J connectivity index is 2.57. The van der Waals surface area contributed by atoms with Gasteiger partial charge in [0.1, 0.15) is 0 Å². The zero-order chi connectivity index (χ0) is 10.7. The van der Waals surface area contributed by atoms with Crippen LogP contribution in [-0.2, 0) is 0 Å². The summed E-state index contributed by atoms with van der Waals surface area (Å²) >= 11 is 0. The number of aromatic nitrogens is 2. The van der Waals surface area contributed by atoms with Crippen LogP contribution < -0.4 is 0 Å². The molecule has 2 aromatic rings. The fourth-order valence-corrected chi connectivity index (χ4v) is 1.46. The highest BCUT2D eigenvalue weighted by Crippen LogP contribution is 2.14. The monoisotopic (exact) mass is 196 g/mol. The molecule has 0 unspecified atom stereocenters. The largest absolute Gasteiger partial charge is 0.259 e. The third-order valence-electron chi connectivity index (χ3n) is 2.19. The van der Waals surface area contributed by atoms with Crippen molar-refractivity contribution in [3.05, 3.63) is 35.8 Å². The quantitative estimate of drug-likeness (QED) is 0.605. The fourth-order valence-electron chi connectivity index (χ4n) is 1.46. The van der Waals surface area contributed by atoms with Crippen LogP contribution in [-0.4, -0.2) is 9.97 Å². The molecule has 0 saturated carbocycles. The van der Waals surface area contributed by atoms with Crippen molar-refractivity contribution in [3.63, 3.8) is 0 Å². The van der Waals surface area contributed by atoms with Gasteiger partial charge in [0.2, 0.25) is 0 Å². The van der Waals surface area contributed by atoms with Gasteiger partial charge < -0.3 is 0 Å². The lowest BCUT2D eigenvalue weighted by Gasteiger charge is -1.99. The molecule has 0 aromatic carbocycles. The van der Waals surface area contributed by atoms with E-state index in [9.17, 15) is 0 Å². The van der Waals surface area contributed by atoms with Gasteiger partial charge in [-0.05, 0) is 19.1 Å². The molecule has 0 N–H and O–H groups in total. The lowest BCUT2D eigenvalue weighted by Crippen LogP contribution is -1.88. The number of hydrogen-bond donors (Lipinski definition) is 0. The Bertz CT molecular complexity index is 547. The molecule has 0 atom stereocenters. The van der Waals surface area contributed by atoms with Gasteiger partial charge >= 0.3 is 0 Å². The van der Waals surface area contributed by atoms with Crippen molar-refractivity contribution in [1.29, 1.82) is 0 Å². The van der Waals surface area contributed by atoms with Gasteiger partial charge in [-0.2, -0.15) is 0 Å². The Morgan fingerprint density at radius 3 is 3.00 bits per heavy atom. The lowest BCUT2D eigenvalue weighted by molar-refractivity contribution is 1.20. The Labute approximate surface area is 89.4 Å². The van der Waals surface area contributed by atoms with Gasteiger partial charge in [0.25, 0.3) is 0 Å². The van der Waals surface area contributed by atoms with E-state index in [1.165, 1.54) is 0 Å². The van der Waals surface area contributed by atoms with Gasteiger partial charge in [0.05, 0.1) is 11.2 Å². The van der Waals surface area contributed by atoms with E-state index in [-0.39, 0.29) is 0 Å². The van der Waals surface area contributed by atoms with Crippen molar-refractivity contribution in [3.8, 4) is 11.8 Å². The van der Waals surface area contributed by atoms with Crippen LogP contribution in [0.4, 0.5) is 0 Å². The molecular weight excluding hydrogens is 184 g/mol. The first kappa shape index (κ1) is 9.67. The van der Waals surface area contributed by atoms with Crippen LogP contribution in [0.2, 0.25) is 0 Å². The van der Waals surface area contributed by atoms with E-state index in [0.29, 0.717) is 0 Å². The zero-order valence-corrected chi connectivity index (χ0v) is 8.91. The highest BCUT2D eigenvalue weighted by molar-refractivity contribution is 5.81. The van der Waals surface area contributed by atoms with Crippen molar-refractivity contribution in [2.45, 2.75) is 20.3 Å². The van der Waals surface area contributed by atoms with Crippen LogP contribution in [0.15, 0.2) is 24.5 Å². The molecule has 0 fully saturated rings. The molecular formula is C13H12N2. The molecule has 15 heavy (non-hydrogen) atoms. The fraction of sp³-hybridized carbons (Fsp3) is 0.231. The summed E-state index contributed by atoms with van der Waals surface area (Å²) in [6.45, 7) is 4.00. The maximum absolute atomic E-state index is 4.37.